The fourth-order valence-electron chi connectivity index (χ4n) is 8.55. The van der Waals surface area contributed by atoms with Crippen molar-refractivity contribution in [2.45, 2.75) is 6.16 Å². The van der Waals surface area contributed by atoms with Gasteiger partial charge in [0.1, 0.15) is 75.9 Å². The Bertz CT molecular complexity index is 2920. The van der Waals surface area contributed by atoms with Crippen LogP contribution in [0.5, 0.6) is 0 Å². The molecule has 0 saturated carbocycles. The summed E-state index contributed by atoms with van der Waals surface area (Å²) >= 11 is 3.65. The Labute approximate surface area is 401 Å². The van der Waals surface area contributed by atoms with E-state index in [1.165, 1.54) is 21.5 Å². The Morgan fingerprint density at radius 3 is 0.722 bits per heavy atom. The van der Waals surface area contributed by atoms with Crippen LogP contribution in [0.15, 0.2) is 120 Å². The smallest absolute Gasteiger partial charge is 0.200 e. The van der Waals surface area contributed by atoms with Crippen LogP contribution in [0.4, 0.5) is 87.8 Å². The third-order valence-corrected chi connectivity index (χ3v) is 16.5. The van der Waals surface area contributed by atoms with Crippen molar-refractivity contribution >= 4 is 67.1 Å². The second-order valence-corrected chi connectivity index (χ2v) is 19.8. The molecule has 0 aliphatic rings. The number of halogens is 21. The summed E-state index contributed by atoms with van der Waals surface area (Å²) in [6.07, 6.45) is -6.21. The minimum absolute atomic E-state index is 1.00. The Morgan fingerprint density at radius 2 is 0.500 bits per heavy atom. The molecule has 0 aliphatic heterocycles. The van der Waals surface area contributed by atoms with Crippen LogP contribution in [0, 0.1) is 116 Å². The van der Waals surface area contributed by atoms with Crippen molar-refractivity contribution in [1.82, 2.24) is 0 Å². The van der Waals surface area contributed by atoms with Gasteiger partial charge in [-0.2, -0.15) is 0 Å². The van der Waals surface area contributed by atoms with Gasteiger partial charge in [0, 0.05) is 4.47 Å². The van der Waals surface area contributed by atoms with Crippen molar-refractivity contribution in [3.8, 4) is 0 Å². The maximum atomic E-state index is 15.4. The van der Waals surface area contributed by atoms with Gasteiger partial charge in [-0.25, -0.2) is 87.8 Å². The molecule has 0 saturated heterocycles. The van der Waals surface area contributed by atoms with Gasteiger partial charge in [0.15, 0.2) is 69.8 Å². The van der Waals surface area contributed by atoms with Gasteiger partial charge in [-0.05, 0) is 54.1 Å². The molecule has 23 heteroatoms. The molecular formula is C49H21BBrF20P. The summed E-state index contributed by atoms with van der Waals surface area (Å²) in [5.74, 6) is -71.4. The molecule has 372 valence electrons. The lowest BCUT2D eigenvalue weighted by molar-refractivity contribution is 0.378. The van der Waals surface area contributed by atoms with Crippen LogP contribution in [0.1, 0.15) is 5.56 Å². The highest BCUT2D eigenvalue weighted by atomic mass is 79.9. The molecule has 0 N–H and O–H groups in total. The lowest BCUT2D eigenvalue weighted by atomic mass is 9.12. The summed E-state index contributed by atoms with van der Waals surface area (Å²) in [5.41, 5.74) is -13.0. The van der Waals surface area contributed by atoms with Crippen LogP contribution >= 0.6 is 23.2 Å². The van der Waals surface area contributed by atoms with Gasteiger partial charge in [0.25, 0.3) is 0 Å². The zero-order valence-corrected chi connectivity index (χ0v) is 37.6. The molecule has 0 aromatic heterocycles. The van der Waals surface area contributed by atoms with Gasteiger partial charge in [0.2, 0.25) is 0 Å². The molecule has 0 amide bonds. The quantitative estimate of drug-likeness (QED) is 0.0444. The summed E-state index contributed by atoms with van der Waals surface area (Å²) < 4.78 is 295. The first-order chi connectivity index (χ1) is 34.0. The van der Waals surface area contributed by atoms with Crippen LogP contribution in [-0.4, -0.2) is 6.15 Å². The maximum absolute atomic E-state index is 15.4. The van der Waals surface area contributed by atoms with Crippen LogP contribution in [-0.2, 0) is 6.16 Å². The molecule has 0 fully saturated rings. The van der Waals surface area contributed by atoms with Crippen molar-refractivity contribution in [3.63, 3.8) is 0 Å². The molecule has 0 bridgehead atoms. The second kappa shape index (κ2) is 20.5. The third kappa shape index (κ3) is 8.48. The summed E-state index contributed by atoms with van der Waals surface area (Å²) in [4.78, 5) is 0. The first kappa shape index (κ1) is 53.1. The van der Waals surface area contributed by atoms with Gasteiger partial charge in [0.05, 0.1) is 6.16 Å². The van der Waals surface area contributed by atoms with E-state index in [1.807, 2.05) is 0 Å². The lowest BCUT2D eigenvalue weighted by Gasteiger charge is -2.44. The second-order valence-electron chi connectivity index (χ2n) is 15.4. The number of benzene rings is 8. The monoisotopic (exact) mass is 1110 g/mol. The van der Waals surface area contributed by atoms with Crippen molar-refractivity contribution < 1.29 is 87.8 Å². The van der Waals surface area contributed by atoms with E-state index in [0.29, 0.717) is 0 Å². The van der Waals surface area contributed by atoms with Crippen molar-refractivity contribution in [3.05, 3.63) is 242 Å². The zero-order valence-electron chi connectivity index (χ0n) is 35.1. The molecule has 0 nitrogen and oxygen atoms in total. The van der Waals surface area contributed by atoms with Crippen LogP contribution < -0.4 is 37.8 Å². The van der Waals surface area contributed by atoms with Crippen LogP contribution in [0.2, 0.25) is 0 Å². The first-order valence-electron chi connectivity index (χ1n) is 20.0. The molecule has 8 aromatic rings. The molecule has 8 rings (SSSR count). The Morgan fingerprint density at radius 1 is 0.278 bits per heavy atom. The Kier molecular flexibility index (Phi) is 15.1. The zero-order chi connectivity index (χ0) is 52.9. The van der Waals surface area contributed by atoms with Gasteiger partial charge in [-0.3, -0.25) is 0 Å². The van der Waals surface area contributed by atoms with E-state index < -0.39 is 152 Å². The van der Waals surface area contributed by atoms with E-state index >= 15 is 35.1 Å². The van der Waals surface area contributed by atoms with E-state index in [-0.39, 0.29) is 0 Å². The van der Waals surface area contributed by atoms with E-state index in [9.17, 15) is 52.7 Å². The highest BCUT2D eigenvalue weighted by Gasteiger charge is 2.52. The van der Waals surface area contributed by atoms with Gasteiger partial charge >= 0.3 is 0 Å². The molecule has 0 heterocycles. The average molecular weight is 1110 g/mol. The molecule has 0 unspecified atom stereocenters. The number of hydrogen-bond donors (Lipinski definition) is 0. The van der Waals surface area contributed by atoms with Crippen molar-refractivity contribution in [2.24, 2.45) is 0 Å². The average Bonchev–Trinajstić information content (AvgIpc) is 3.38. The van der Waals surface area contributed by atoms with Gasteiger partial charge in [-0.15, -0.1) is 21.9 Å². The van der Waals surface area contributed by atoms with Crippen molar-refractivity contribution in [1.29, 1.82) is 0 Å². The lowest BCUT2D eigenvalue weighted by Crippen LogP contribution is -2.81. The standard InChI is InChI=1S/C25H21BrP.C24BF20/c26-22-12-10-11-21(19-22)20-27(23-13-4-1-5-14-23,24-15-6-2-7-16-24)25-17-8-3-9-18-25;26-5-1(6(27)14(35)21(42)13(5)34)25(2-7(28)15(36)22(43)16(37)8(2)29,3-9(30)17(38)23(44)18(39)10(3)31)4-11(32)19(40)24(45)20(41)12(4)33/h1-19H,20H2;/q+1;-1. The predicted molar refractivity (Wildman–Crippen MR) is 232 cm³/mol. The Hall–Kier alpha value is -6.67. The SMILES string of the molecule is Brc1cccc(C[P+](c2ccccc2)(c2ccccc2)c2ccccc2)c1.Fc1c(F)c(F)c([B-](c2c(F)c(F)c(F)c(F)c2F)(c2c(F)c(F)c(F)c(F)c2F)c2c(F)c(F)c(F)c(F)c2F)c(F)c1F. The largest absolute Gasteiger partial charge is 0.207 e. The minimum atomic E-state index is -7.22. The molecule has 0 spiro atoms. The molecule has 8 aromatic carbocycles. The molecule has 0 radical (unpaired) electrons. The van der Waals surface area contributed by atoms with E-state index in [2.05, 4.69) is 131 Å². The number of rotatable bonds is 9. The fourth-order valence-corrected chi connectivity index (χ4v) is 13.2. The first-order valence-corrected chi connectivity index (χ1v) is 22.8. The van der Waals surface area contributed by atoms with Crippen molar-refractivity contribution in [2.75, 3.05) is 0 Å². The van der Waals surface area contributed by atoms with Crippen LogP contribution in [0.3, 0.4) is 0 Å². The molecule has 0 atom stereocenters. The van der Waals surface area contributed by atoms with Crippen LogP contribution in [0.25, 0.3) is 0 Å². The highest BCUT2D eigenvalue weighted by Crippen LogP contribution is 2.58. The highest BCUT2D eigenvalue weighted by molar-refractivity contribution is 9.10. The summed E-state index contributed by atoms with van der Waals surface area (Å²) in [6, 6.07) is 41.8. The summed E-state index contributed by atoms with van der Waals surface area (Å²) in [5, 5.41) is 4.26. The third-order valence-electron chi connectivity index (χ3n) is 11.6. The summed E-state index contributed by atoms with van der Waals surface area (Å²) in [6.45, 7) is 0. The topological polar surface area (TPSA) is 0 Å². The van der Waals surface area contributed by atoms with E-state index in [0.717, 1.165) is 10.6 Å². The predicted octanol–water partition coefficient (Wildman–Crippen LogP) is 11.8. The molecule has 72 heavy (non-hydrogen) atoms. The van der Waals surface area contributed by atoms with Gasteiger partial charge in [-0.1, -0.05) is 82.7 Å². The number of hydrogen-bond acceptors (Lipinski definition) is 0. The summed E-state index contributed by atoms with van der Waals surface area (Å²) in [7, 11) is -1.82. The van der Waals surface area contributed by atoms with Gasteiger partial charge < -0.3 is 0 Å². The molecule has 0 aliphatic carbocycles. The van der Waals surface area contributed by atoms with E-state index in [4.69, 9.17) is 0 Å². The fraction of sp³-hybridized carbons (Fsp3) is 0.0204. The maximum Gasteiger partial charge on any atom is 0.200 e. The Balaban J connectivity index is 0.000000238. The normalized spacial score (nSPS) is 11.7. The minimum Gasteiger partial charge on any atom is -0.207 e. The molecular weight excluding hydrogens is 1090 g/mol. The van der Waals surface area contributed by atoms with E-state index in [1.54, 1.807) is 0 Å².